The fourth-order valence-electron chi connectivity index (χ4n) is 2.88. The normalized spacial score (nSPS) is 17.4. The highest BCUT2D eigenvalue weighted by molar-refractivity contribution is 5.92. The molecule has 1 saturated heterocycles. The summed E-state index contributed by atoms with van der Waals surface area (Å²) >= 11 is 0. The molecule has 4 rings (SSSR count). The Bertz CT molecular complexity index is 853. The Morgan fingerprint density at radius 1 is 1.08 bits per heavy atom. The molecule has 1 amide bonds. The van der Waals surface area contributed by atoms with Gasteiger partial charge >= 0.3 is 0 Å². The van der Waals surface area contributed by atoms with Crippen molar-refractivity contribution in [1.29, 1.82) is 0 Å². The highest BCUT2D eigenvalue weighted by Crippen LogP contribution is 2.31. The van der Waals surface area contributed by atoms with Crippen molar-refractivity contribution < 1.29 is 9.32 Å². The minimum Gasteiger partial charge on any atom is -0.337 e. The van der Waals surface area contributed by atoms with Crippen LogP contribution in [0.2, 0.25) is 0 Å². The maximum Gasteiger partial charge on any atom is 0.274 e. The topological polar surface area (TPSA) is 111 Å². The monoisotopic (exact) mass is 337 g/mol. The van der Waals surface area contributed by atoms with E-state index in [9.17, 15) is 4.79 Å². The lowest BCUT2D eigenvalue weighted by molar-refractivity contribution is 0.0555. The van der Waals surface area contributed by atoms with Crippen LogP contribution in [0.3, 0.4) is 0 Å². The van der Waals surface area contributed by atoms with Crippen molar-refractivity contribution in [2.24, 2.45) is 0 Å². The van der Waals surface area contributed by atoms with E-state index in [4.69, 9.17) is 4.52 Å². The molecular formula is C16H15N7O2. The molecule has 9 nitrogen and oxygen atoms in total. The Kier molecular flexibility index (Phi) is 4.11. The van der Waals surface area contributed by atoms with Crippen LogP contribution in [0, 0.1) is 0 Å². The van der Waals surface area contributed by atoms with Gasteiger partial charge in [0.15, 0.2) is 0 Å². The van der Waals surface area contributed by atoms with Gasteiger partial charge in [-0.05, 0) is 19.3 Å². The number of carbonyl (C=O) groups is 1. The smallest absolute Gasteiger partial charge is 0.274 e. The third kappa shape index (κ3) is 3.08. The molecular weight excluding hydrogens is 322 g/mol. The molecule has 4 heterocycles. The number of piperidine rings is 1. The van der Waals surface area contributed by atoms with Crippen LogP contribution >= 0.6 is 0 Å². The number of hydrogen-bond donors (Lipinski definition) is 0. The van der Waals surface area contributed by atoms with E-state index >= 15 is 0 Å². The molecule has 0 saturated carbocycles. The van der Waals surface area contributed by atoms with Crippen molar-refractivity contribution >= 4 is 5.91 Å². The largest absolute Gasteiger partial charge is 0.337 e. The molecule has 0 radical (unpaired) electrons. The second-order valence-corrected chi connectivity index (χ2v) is 5.65. The van der Waals surface area contributed by atoms with Crippen molar-refractivity contribution in [2.45, 2.75) is 25.3 Å². The molecule has 0 unspecified atom stereocenters. The molecule has 3 aromatic rings. The van der Waals surface area contributed by atoms with Gasteiger partial charge in [0.05, 0.1) is 12.4 Å². The molecule has 0 bridgehead atoms. The Morgan fingerprint density at radius 3 is 2.68 bits per heavy atom. The number of rotatable bonds is 3. The lowest BCUT2D eigenvalue weighted by Gasteiger charge is -2.33. The summed E-state index contributed by atoms with van der Waals surface area (Å²) in [4.78, 5) is 35.1. The highest BCUT2D eigenvalue weighted by atomic mass is 16.5. The lowest BCUT2D eigenvalue weighted by atomic mass is 10.0. The summed E-state index contributed by atoms with van der Waals surface area (Å²) in [5.74, 6) is 0.579. The first kappa shape index (κ1) is 15.3. The van der Waals surface area contributed by atoms with Gasteiger partial charge in [0, 0.05) is 31.3 Å². The molecule has 0 aliphatic carbocycles. The maximum absolute atomic E-state index is 12.8. The zero-order chi connectivity index (χ0) is 17.1. The molecule has 3 aromatic heterocycles. The SMILES string of the molecule is O=C(c1cnccn1)N1CCCC[C@@H]1c1nc(-c2cnccn2)no1. The molecule has 0 spiro atoms. The Morgan fingerprint density at radius 2 is 1.92 bits per heavy atom. The fraction of sp³-hybridized carbons (Fsp3) is 0.312. The van der Waals surface area contributed by atoms with Crippen molar-refractivity contribution in [3.63, 3.8) is 0 Å². The first-order valence-corrected chi connectivity index (χ1v) is 8.00. The van der Waals surface area contributed by atoms with Crippen LogP contribution in [0.15, 0.2) is 41.7 Å². The van der Waals surface area contributed by atoms with Crippen LogP contribution in [0.4, 0.5) is 0 Å². The number of nitrogens with zero attached hydrogens (tertiary/aromatic N) is 7. The summed E-state index contributed by atoms with van der Waals surface area (Å²) in [5.41, 5.74) is 0.836. The molecule has 1 aliphatic heterocycles. The van der Waals surface area contributed by atoms with E-state index < -0.39 is 0 Å². The Hall–Kier alpha value is -3.23. The molecule has 1 atom stereocenters. The summed E-state index contributed by atoms with van der Waals surface area (Å²) in [7, 11) is 0. The van der Waals surface area contributed by atoms with Gasteiger partial charge in [-0.15, -0.1) is 0 Å². The average Bonchev–Trinajstić information content (AvgIpc) is 3.19. The van der Waals surface area contributed by atoms with Crippen LogP contribution < -0.4 is 0 Å². The van der Waals surface area contributed by atoms with Gasteiger partial charge in [-0.2, -0.15) is 4.98 Å². The standard InChI is InChI=1S/C16H15N7O2/c24-16(12-10-18-5-7-20-12)23-8-2-1-3-13(23)15-21-14(22-25-15)11-9-17-4-6-19-11/h4-7,9-10,13H,1-3,8H2/t13-/m1/s1. The predicted octanol–water partition coefficient (Wildman–Crippen LogP) is 1.68. The number of carbonyl (C=O) groups excluding carboxylic acids is 1. The number of likely N-dealkylation sites (tertiary alicyclic amines) is 1. The molecule has 25 heavy (non-hydrogen) atoms. The Balaban J connectivity index is 1.62. The first-order chi connectivity index (χ1) is 12.3. The second kappa shape index (κ2) is 6.71. The van der Waals surface area contributed by atoms with Gasteiger partial charge in [0.2, 0.25) is 11.7 Å². The second-order valence-electron chi connectivity index (χ2n) is 5.65. The van der Waals surface area contributed by atoms with Crippen molar-refractivity contribution in [3.05, 3.63) is 48.8 Å². The third-order valence-corrected chi connectivity index (χ3v) is 4.07. The minimum atomic E-state index is -0.277. The summed E-state index contributed by atoms with van der Waals surface area (Å²) in [6, 6.07) is -0.277. The number of amides is 1. The van der Waals surface area contributed by atoms with Gasteiger partial charge in [0.25, 0.3) is 5.91 Å². The van der Waals surface area contributed by atoms with Crippen LogP contribution in [0.5, 0.6) is 0 Å². The van der Waals surface area contributed by atoms with E-state index in [0.717, 1.165) is 19.3 Å². The molecule has 9 heteroatoms. The van der Waals surface area contributed by atoms with E-state index in [1.165, 1.54) is 18.6 Å². The Labute approximate surface area is 143 Å². The summed E-state index contributed by atoms with van der Waals surface area (Å²) < 4.78 is 5.42. The fourth-order valence-corrected chi connectivity index (χ4v) is 2.88. The third-order valence-electron chi connectivity index (χ3n) is 4.07. The average molecular weight is 337 g/mol. The zero-order valence-electron chi connectivity index (χ0n) is 13.3. The first-order valence-electron chi connectivity index (χ1n) is 8.00. The molecule has 0 aromatic carbocycles. The van der Waals surface area contributed by atoms with E-state index in [1.54, 1.807) is 23.5 Å². The number of aromatic nitrogens is 6. The maximum atomic E-state index is 12.8. The van der Waals surface area contributed by atoms with Crippen LogP contribution in [-0.4, -0.2) is 47.4 Å². The van der Waals surface area contributed by atoms with E-state index in [0.29, 0.717) is 29.6 Å². The van der Waals surface area contributed by atoms with Gasteiger partial charge in [-0.25, -0.2) is 9.97 Å². The van der Waals surface area contributed by atoms with Crippen molar-refractivity contribution in [3.8, 4) is 11.5 Å². The minimum absolute atomic E-state index is 0.183. The summed E-state index contributed by atoms with van der Waals surface area (Å²) in [5, 5.41) is 3.97. The van der Waals surface area contributed by atoms with Gasteiger partial charge < -0.3 is 9.42 Å². The zero-order valence-corrected chi connectivity index (χ0v) is 13.3. The molecule has 1 fully saturated rings. The van der Waals surface area contributed by atoms with E-state index in [2.05, 4.69) is 30.1 Å². The van der Waals surface area contributed by atoms with Gasteiger partial charge in [0.1, 0.15) is 17.4 Å². The van der Waals surface area contributed by atoms with E-state index in [1.807, 2.05) is 0 Å². The summed E-state index contributed by atoms with van der Waals surface area (Å²) in [6.45, 7) is 0.614. The summed E-state index contributed by atoms with van der Waals surface area (Å²) in [6.07, 6.45) is 11.9. The lowest BCUT2D eigenvalue weighted by Crippen LogP contribution is -2.39. The van der Waals surface area contributed by atoms with Gasteiger partial charge in [-0.3, -0.25) is 14.8 Å². The molecule has 0 N–H and O–H groups in total. The van der Waals surface area contributed by atoms with Crippen LogP contribution in [0.1, 0.15) is 41.7 Å². The predicted molar refractivity (Wildman–Crippen MR) is 85.0 cm³/mol. The van der Waals surface area contributed by atoms with Crippen LogP contribution in [-0.2, 0) is 0 Å². The van der Waals surface area contributed by atoms with Crippen molar-refractivity contribution in [1.82, 2.24) is 35.0 Å². The van der Waals surface area contributed by atoms with E-state index in [-0.39, 0.29) is 11.9 Å². The quantitative estimate of drug-likeness (QED) is 0.710. The number of hydrogen-bond acceptors (Lipinski definition) is 8. The highest BCUT2D eigenvalue weighted by Gasteiger charge is 2.33. The van der Waals surface area contributed by atoms with Gasteiger partial charge in [-0.1, -0.05) is 5.16 Å². The van der Waals surface area contributed by atoms with Crippen LogP contribution in [0.25, 0.3) is 11.5 Å². The molecule has 1 aliphatic rings. The molecule has 126 valence electrons. The van der Waals surface area contributed by atoms with Crippen molar-refractivity contribution in [2.75, 3.05) is 6.54 Å².